The summed E-state index contributed by atoms with van der Waals surface area (Å²) >= 11 is 0. The summed E-state index contributed by atoms with van der Waals surface area (Å²) in [4.78, 5) is -0.00882. The van der Waals surface area contributed by atoms with Gasteiger partial charge in [-0.25, -0.2) is 26.3 Å². The van der Waals surface area contributed by atoms with Gasteiger partial charge in [0, 0.05) is 12.6 Å². The maximum atomic E-state index is 12.7. The molecular weight excluding hydrogens is 416 g/mol. The molecule has 0 saturated carbocycles. The van der Waals surface area contributed by atoms with Crippen LogP contribution >= 0.6 is 0 Å². The van der Waals surface area contributed by atoms with Gasteiger partial charge < -0.3 is 9.47 Å². The second kappa shape index (κ2) is 9.12. The number of methoxy groups -OCH3 is 2. The molecule has 0 saturated heterocycles. The highest BCUT2D eigenvalue weighted by molar-refractivity contribution is 7.90. The normalized spacial score (nSPS) is 13.1. The van der Waals surface area contributed by atoms with E-state index in [2.05, 4.69) is 9.44 Å². The number of aryl methyl sites for hydroxylation is 2. The van der Waals surface area contributed by atoms with Crippen molar-refractivity contribution in [3.63, 3.8) is 0 Å². The number of hydrogen-bond donors (Lipinski definition) is 2. The van der Waals surface area contributed by atoms with Crippen molar-refractivity contribution in [1.82, 2.24) is 9.44 Å². The number of rotatable bonds is 9. The van der Waals surface area contributed by atoms with Gasteiger partial charge in [-0.2, -0.15) is 0 Å². The van der Waals surface area contributed by atoms with Gasteiger partial charge in [-0.15, -0.1) is 0 Å². The Kier molecular flexibility index (Phi) is 7.28. The van der Waals surface area contributed by atoms with E-state index >= 15 is 0 Å². The topological polar surface area (TPSA) is 111 Å². The third kappa shape index (κ3) is 5.69. The SMILES string of the molecule is COc1ccc(C)cc1S(=O)(=O)NCC(C)NS(=O)(=O)c1cc(C)ccc1OC. The number of benzene rings is 2. The summed E-state index contributed by atoms with van der Waals surface area (Å²) in [7, 11) is -5.04. The van der Waals surface area contributed by atoms with Crippen molar-refractivity contribution >= 4 is 20.0 Å². The molecule has 10 heteroatoms. The third-order valence-corrected chi connectivity index (χ3v) is 7.21. The molecule has 0 amide bonds. The summed E-state index contributed by atoms with van der Waals surface area (Å²) in [6, 6.07) is 8.90. The van der Waals surface area contributed by atoms with E-state index in [4.69, 9.17) is 9.47 Å². The molecule has 2 rings (SSSR count). The first-order valence-electron chi connectivity index (χ1n) is 8.81. The minimum atomic E-state index is -3.91. The van der Waals surface area contributed by atoms with Crippen LogP contribution in [-0.2, 0) is 20.0 Å². The molecule has 2 N–H and O–H groups in total. The van der Waals surface area contributed by atoms with Crippen molar-refractivity contribution in [1.29, 1.82) is 0 Å². The molecule has 0 fully saturated rings. The number of sulfonamides is 2. The molecular formula is C19H26N2O6S2. The minimum Gasteiger partial charge on any atom is -0.495 e. The predicted molar refractivity (Wildman–Crippen MR) is 110 cm³/mol. The lowest BCUT2D eigenvalue weighted by molar-refractivity contribution is 0.401. The zero-order valence-corrected chi connectivity index (χ0v) is 18.6. The van der Waals surface area contributed by atoms with Crippen molar-refractivity contribution in [2.24, 2.45) is 0 Å². The van der Waals surface area contributed by atoms with Crippen molar-refractivity contribution in [3.05, 3.63) is 47.5 Å². The Bertz CT molecular complexity index is 1080. The highest BCUT2D eigenvalue weighted by atomic mass is 32.2. The molecule has 0 bridgehead atoms. The van der Waals surface area contributed by atoms with Crippen molar-refractivity contribution in [2.45, 2.75) is 36.6 Å². The smallest absolute Gasteiger partial charge is 0.244 e. The van der Waals surface area contributed by atoms with Gasteiger partial charge in [0.25, 0.3) is 0 Å². The zero-order valence-electron chi connectivity index (χ0n) is 17.0. The van der Waals surface area contributed by atoms with Crippen LogP contribution in [0.3, 0.4) is 0 Å². The molecule has 1 unspecified atom stereocenters. The monoisotopic (exact) mass is 442 g/mol. The Labute approximate surface area is 172 Å². The van der Waals surface area contributed by atoms with E-state index in [1.807, 2.05) is 0 Å². The molecule has 1 atom stereocenters. The van der Waals surface area contributed by atoms with E-state index in [-0.39, 0.29) is 27.8 Å². The van der Waals surface area contributed by atoms with Gasteiger partial charge in [0.2, 0.25) is 20.0 Å². The van der Waals surface area contributed by atoms with Gasteiger partial charge in [0.1, 0.15) is 21.3 Å². The molecule has 0 aromatic heterocycles. The summed E-state index contributed by atoms with van der Waals surface area (Å²) in [5.74, 6) is 0.418. The van der Waals surface area contributed by atoms with E-state index in [1.165, 1.54) is 26.4 Å². The van der Waals surface area contributed by atoms with Crippen LogP contribution < -0.4 is 18.9 Å². The third-order valence-electron chi connectivity index (χ3n) is 4.15. The Balaban J connectivity index is 2.16. The quantitative estimate of drug-likeness (QED) is 0.614. The summed E-state index contributed by atoms with van der Waals surface area (Å²) < 4.78 is 65.9. The van der Waals surface area contributed by atoms with Crippen LogP contribution in [0, 0.1) is 13.8 Å². The molecule has 0 aliphatic carbocycles. The number of nitrogens with one attached hydrogen (secondary N) is 2. The molecule has 160 valence electrons. The minimum absolute atomic E-state index is 0.00425. The fourth-order valence-electron chi connectivity index (χ4n) is 2.67. The first-order valence-corrected chi connectivity index (χ1v) is 11.8. The van der Waals surface area contributed by atoms with Crippen molar-refractivity contribution in [2.75, 3.05) is 20.8 Å². The molecule has 0 radical (unpaired) electrons. The van der Waals surface area contributed by atoms with Crippen LogP contribution in [0.5, 0.6) is 11.5 Å². The van der Waals surface area contributed by atoms with Gasteiger partial charge in [-0.1, -0.05) is 12.1 Å². The van der Waals surface area contributed by atoms with Crippen LogP contribution in [0.4, 0.5) is 0 Å². The molecule has 29 heavy (non-hydrogen) atoms. The first kappa shape index (κ1) is 23.1. The van der Waals surface area contributed by atoms with Gasteiger partial charge in [0.15, 0.2) is 0 Å². The van der Waals surface area contributed by atoms with Crippen LogP contribution in [0.15, 0.2) is 46.2 Å². The van der Waals surface area contributed by atoms with Crippen molar-refractivity contribution < 1.29 is 26.3 Å². The van der Waals surface area contributed by atoms with E-state index in [9.17, 15) is 16.8 Å². The second-order valence-electron chi connectivity index (χ2n) is 6.68. The van der Waals surface area contributed by atoms with E-state index in [1.54, 1.807) is 45.0 Å². The lowest BCUT2D eigenvalue weighted by Gasteiger charge is -2.17. The maximum absolute atomic E-state index is 12.7. The molecule has 2 aromatic carbocycles. The average molecular weight is 443 g/mol. The summed E-state index contributed by atoms with van der Waals surface area (Å²) in [6.07, 6.45) is 0. The van der Waals surface area contributed by atoms with E-state index < -0.39 is 26.1 Å². The van der Waals surface area contributed by atoms with Crippen LogP contribution in [0.1, 0.15) is 18.1 Å². The number of ether oxygens (including phenoxy) is 2. The molecule has 0 aliphatic heterocycles. The number of hydrogen-bond acceptors (Lipinski definition) is 6. The van der Waals surface area contributed by atoms with E-state index in [0.717, 1.165) is 11.1 Å². The Morgan fingerprint density at radius 2 is 1.28 bits per heavy atom. The molecule has 0 aliphatic rings. The second-order valence-corrected chi connectivity index (χ2v) is 10.1. The highest BCUT2D eigenvalue weighted by Gasteiger charge is 2.24. The average Bonchev–Trinajstić information content (AvgIpc) is 2.66. The standard InChI is InChI=1S/C19H26N2O6S2/c1-13-6-8-16(26-4)18(10-13)28(22,23)20-12-15(3)21-29(24,25)19-11-14(2)7-9-17(19)27-5/h6-11,15,20-21H,12H2,1-5H3. The highest BCUT2D eigenvalue weighted by Crippen LogP contribution is 2.26. The van der Waals surface area contributed by atoms with Crippen LogP contribution in [-0.4, -0.2) is 43.6 Å². The van der Waals surface area contributed by atoms with Crippen LogP contribution in [0.2, 0.25) is 0 Å². The summed E-state index contributed by atoms with van der Waals surface area (Å²) in [5.41, 5.74) is 1.51. The fraction of sp³-hybridized carbons (Fsp3) is 0.368. The summed E-state index contributed by atoms with van der Waals surface area (Å²) in [5, 5.41) is 0. The van der Waals surface area contributed by atoms with Crippen LogP contribution in [0.25, 0.3) is 0 Å². The lowest BCUT2D eigenvalue weighted by atomic mass is 10.2. The molecule has 2 aromatic rings. The van der Waals surface area contributed by atoms with Gasteiger partial charge >= 0.3 is 0 Å². The van der Waals surface area contributed by atoms with Crippen molar-refractivity contribution in [3.8, 4) is 11.5 Å². The van der Waals surface area contributed by atoms with E-state index in [0.29, 0.717) is 0 Å². The lowest BCUT2D eigenvalue weighted by Crippen LogP contribution is -2.41. The Hall–Kier alpha value is -2.14. The molecule has 0 spiro atoms. The first-order chi connectivity index (χ1) is 13.5. The maximum Gasteiger partial charge on any atom is 0.244 e. The molecule has 0 heterocycles. The fourth-order valence-corrected chi connectivity index (χ4v) is 5.55. The van der Waals surface area contributed by atoms with Gasteiger partial charge in [-0.05, 0) is 56.2 Å². The Morgan fingerprint density at radius 3 is 1.72 bits per heavy atom. The molecule has 8 nitrogen and oxygen atoms in total. The largest absolute Gasteiger partial charge is 0.495 e. The van der Waals surface area contributed by atoms with Gasteiger partial charge in [-0.3, -0.25) is 0 Å². The summed E-state index contributed by atoms with van der Waals surface area (Å²) in [6.45, 7) is 4.96. The van der Waals surface area contributed by atoms with Gasteiger partial charge in [0.05, 0.1) is 14.2 Å². The Morgan fingerprint density at radius 1 is 0.828 bits per heavy atom. The zero-order chi connectivity index (χ0) is 21.8. The predicted octanol–water partition coefficient (Wildman–Crippen LogP) is 1.97.